The Hall–Kier alpha value is -2.77. The van der Waals surface area contributed by atoms with Crippen molar-refractivity contribution in [1.82, 2.24) is 14.6 Å². The Morgan fingerprint density at radius 1 is 1.21 bits per heavy atom. The topological polar surface area (TPSA) is 68.5 Å². The van der Waals surface area contributed by atoms with Crippen molar-refractivity contribution in [3.05, 3.63) is 58.6 Å². The van der Waals surface area contributed by atoms with E-state index in [-0.39, 0.29) is 11.7 Å². The molecule has 0 aliphatic carbocycles. The van der Waals surface area contributed by atoms with Gasteiger partial charge >= 0.3 is 0 Å². The Morgan fingerprint density at radius 3 is 2.83 bits per heavy atom. The summed E-state index contributed by atoms with van der Waals surface area (Å²) in [5, 5.41) is 13.8. The highest BCUT2D eigenvalue weighted by Gasteiger charge is 2.14. The first-order valence-corrected chi connectivity index (χ1v) is 10.3. The first-order chi connectivity index (χ1) is 14.0. The van der Waals surface area contributed by atoms with Gasteiger partial charge in [0.1, 0.15) is 5.75 Å². The van der Waals surface area contributed by atoms with Crippen LogP contribution in [0.2, 0.25) is 5.02 Å². The van der Waals surface area contributed by atoms with Crippen molar-refractivity contribution in [3.8, 4) is 5.75 Å². The zero-order valence-corrected chi connectivity index (χ0v) is 17.8. The maximum Gasteiger partial charge on any atom is 0.234 e. The van der Waals surface area contributed by atoms with E-state index < -0.39 is 0 Å². The summed E-state index contributed by atoms with van der Waals surface area (Å²) in [6, 6.07) is 13.3. The molecular formula is C21H19ClN4O2S. The summed E-state index contributed by atoms with van der Waals surface area (Å²) in [5.74, 6) is 0.820. The molecule has 6 nitrogen and oxygen atoms in total. The number of carbonyl (C=O) groups excluding carboxylic acids is 1. The zero-order chi connectivity index (χ0) is 20.5. The van der Waals surface area contributed by atoms with E-state index in [2.05, 4.69) is 15.5 Å². The number of carbonyl (C=O) groups is 1. The summed E-state index contributed by atoms with van der Waals surface area (Å²) in [6.45, 7) is 3.91. The first-order valence-electron chi connectivity index (χ1n) is 8.98. The number of rotatable bonds is 5. The van der Waals surface area contributed by atoms with Crippen LogP contribution in [-0.2, 0) is 4.79 Å². The van der Waals surface area contributed by atoms with Gasteiger partial charge in [-0.15, -0.1) is 10.2 Å². The molecule has 0 aliphatic heterocycles. The third-order valence-electron chi connectivity index (χ3n) is 4.75. The summed E-state index contributed by atoms with van der Waals surface area (Å²) in [5.41, 5.74) is 4.33. The number of nitrogens with one attached hydrogen (secondary N) is 1. The van der Waals surface area contributed by atoms with Gasteiger partial charge in [-0.3, -0.25) is 9.20 Å². The number of aryl methyl sites for hydroxylation is 1. The number of amides is 1. The van der Waals surface area contributed by atoms with Gasteiger partial charge in [0, 0.05) is 22.2 Å². The molecule has 2 heterocycles. The lowest BCUT2D eigenvalue weighted by Crippen LogP contribution is -2.15. The fourth-order valence-corrected chi connectivity index (χ4v) is 4.11. The fourth-order valence-electron chi connectivity index (χ4n) is 3.18. The normalized spacial score (nSPS) is 11.2. The van der Waals surface area contributed by atoms with Gasteiger partial charge in [0.25, 0.3) is 0 Å². The number of fused-ring (bicyclic) bond motifs is 3. The van der Waals surface area contributed by atoms with E-state index >= 15 is 0 Å². The molecule has 1 N–H and O–H groups in total. The molecule has 0 atom stereocenters. The second kappa shape index (κ2) is 7.93. The maximum atomic E-state index is 12.5. The van der Waals surface area contributed by atoms with Crippen molar-refractivity contribution >= 4 is 51.5 Å². The average molecular weight is 427 g/mol. The number of pyridine rings is 1. The highest BCUT2D eigenvalue weighted by molar-refractivity contribution is 7.99. The van der Waals surface area contributed by atoms with Crippen LogP contribution in [0, 0.1) is 13.8 Å². The Labute approximate surface area is 177 Å². The number of aromatic nitrogens is 3. The highest BCUT2D eigenvalue weighted by Crippen LogP contribution is 2.29. The molecule has 0 saturated carbocycles. The summed E-state index contributed by atoms with van der Waals surface area (Å²) >= 11 is 7.46. The number of thioether (sulfide) groups is 1. The smallest absolute Gasteiger partial charge is 0.234 e. The van der Waals surface area contributed by atoms with Crippen LogP contribution in [0.15, 0.2) is 47.6 Å². The lowest BCUT2D eigenvalue weighted by molar-refractivity contribution is -0.113. The number of hydrogen-bond donors (Lipinski definition) is 1. The van der Waals surface area contributed by atoms with Gasteiger partial charge in [0.05, 0.1) is 18.4 Å². The van der Waals surface area contributed by atoms with Crippen molar-refractivity contribution in [1.29, 1.82) is 0 Å². The number of benzene rings is 2. The van der Waals surface area contributed by atoms with Crippen molar-refractivity contribution in [3.63, 3.8) is 0 Å². The molecule has 4 aromatic rings. The molecule has 0 aliphatic rings. The molecule has 148 valence electrons. The van der Waals surface area contributed by atoms with Gasteiger partial charge in [-0.25, -0.2) is 0 Å². The molecule has 0 fully saturated rings. The average Bonchev–Trinajstić information content (AvgIpc) is 3.12. The predicted molar refractivity (Wildman–Crippen MR) is 117 cm³/mol. The molecule has 8 heteroatoms. The van der Waals surface area contributed by atoms with E-state index in [9.17, 15) is 4.79 Å². The molecular weight excluding hydrogens is 408 g/mol. The van der Waals surface area contributed by atoms with Crippen LogP contribution in [0.4, 0.5) is 5.69 Å². The summed E-state index contributed by atoms with van der Waals surface area (Å²) in [6.07, 6.45) is 0. The van der Waals surface area contributed by atoms with Crippen LogP contribution >= 0.6 is 23.4 Å². The third kappa shape index (κ3) is 3.75. The van der Waals surface area contributed by atoms with E-state index in [0.29, 0.717) is 15.9 Å². The Balaban J connectivity index is 1.62. The van der Waals surface area contributed by atoms with Gasteiger partial charge in [-0.2, -0.15) is 0 Å². The Kier molecular flexibility index (Phi) is 5.34. The van der Waals surface area contributed by atoms with Crippen LogP contribution < -0.4 is 10.1 Å². The van der Waals surface area contributed by atoms with Crippen LogP contribution in [-0.4, -0.2) is 33.4 Å². The van der Waals surface area contributed by atoms with E-state index in [1.807, 2.05) is 54.6 Å². The lowest BCUT2D eigenvalue weighted by atomic mass is 10.1. The van der Waals surface area contributed by atoms with Crippen LogP contribution in [0.3, 0.4) is 0 Å². The highest BCUT2D eigenvalue weighted by atomic mass is 35.5. The molecule has 2 aromatic carbocycles. The maximum absolute atomic E-state index is 12.5. The first kappa shape index (κ1) is 19.5. The number of anilines is 1. The quantitative estimate of drug-likeness (QED) is 0.460. The number of nitrogens with zero attached hydrogens (tertiary/aromatic N) is 3. The van der Waals surface area contributed by atoms with Gasteiger partial charge < -0.3 is 10.1 Å². The zero-order valence-electron chi connectivity index (χ0n) is 16.2. The van der Waals surface area contributed by atoms with Crippen molar-refractivity contribution in [2.75, 3.05) is 18.2 Å². The second-order valence-electron chi connectivity index (χ2n) is 6.64. The minimum absolute atomic E-state index is 0.133. The van der Waals surface area contributed by atoms with E-state index in [1.54, 1.807) is 13.2 Å². The number of ether oxygens (including phenoxy) is 1. The van der Waals surface area contributed by atoms with Gasteiger partial charge in [-0.05, 0) is 55.3 Å². The summed E-state index contributed by atoms with van der Waals surface area (Å²) < 4.78 is 7.33. The Bertz CT molecular complexity index is 1240. The van der Waals surface area contributed by atoms with Crippen LogP contribution in [0.5, 0.6) is 5.75 Å². The van der Waals surface area contributed by atoms with Gasteiger partial charge in [-0.1, -0.05) is 29.4 Å². The third-order valence-corrected chi connectivity index (χ3v) is 6.09. The number of methoxy groups -OCH3 is 1. The molecule has 1 amide bonds. The molecule has 0 spiro atoms. The van der Waals surface area contributed by atoms with Crippen LogP contribution in [0.25, 0.3) is 16.6 Å². The minimum atomic E-state index is -0.133. The van der Waals surface area contributed by atoms with Crippen molar-refractivity contribution in [2.45, 2.75) is 19.0 Å². The molecule has 0 saturated heterocycles. The standard InChI is InChI=1S/C21H19ClN4O2S/c1-12-9-19-24-25-21(26(19)18-10-14(28-3)7-8-15(12)18)29-11-20(27)23-17-6-4-5-16(22)13(17)2/h4-10H,11H2,1-3H3,(H,23,27). The fraction of sp³-hybridized carbons (Fsp3) is 0.190. The van der Waals surface area contributed by atoms with E-state index in [4.69, 9.17) is 16.3 Å². The van der Waals surface area contributed by atoms with Gasteiger partial charge in [0.15, 0.2) is 10.8 Å². The molecule has 0 radical (unpaired) electrons. The number of hydrogen-bond acceptors (Lipinski definition) is 5. The minimum Gasteiger partial charge on any atom is -0.497 e. The predicted octanol–water partition coefficient (Wildman–Crippen LogP) is 4.89. The SMILES string of the molecule is COc1ccc2c(C)cc3nnc(SCC(=O)Nc4cccc(Cl)c4C)n3c2c1. The second-order valence-corrected chi connectivity index (χ2v) is 7.99. The van der Waals surface area contributed by atoms with E-state index in [0.717, 1.165) is 33.4 Å². The van der Waals surface area contributed by atoms with E-state index in [1.165, 1.54) is 11.8 Å². The Morgan fingerprint density at radius 2 is 2.03 bits per heavy atom. The number of halogens is 1. The monoisotopic (exact) mass is 426 g/mol. The van der Waals surface area contributed by atoms with Gasteiger partial charge in [0.2, 0.25) is 5.91 Å². The molecule has 2 aromatic heterocycles. The van der Waals surface area contributed by atoms with Crippen molar-refractivity contribution < 1.29 is 9.53 Å². The largest absolute Gasteiger partial charge is 0.497 e. The molecule has 29 heavy (non-hydrogen) atoms. The van der Waals surface area contributed by atoms with Crippen molar-refractivity contribution in [2.24, 2.45) is 0 Å². The van der Waals surface area contributed by atoms with Crippen LogP contribution in [0.1, 0.15) is 11.1 Å². The summed E-state index contributed by atoms with van der Waals surface area (Å²) in [4.78, 5) is 12.5. The molecule has 0 unspecified atom stereocenters. The molecule has 0 bridgehead atoms. The summed E-state index contributed by atoms with van der Waals surface area (Å²) in [7, 11) is 1.64. The molecule has 4 rings (SSSR count). The lowest BCUT2D eigenvalue weighted by Gasteiger charge is -2.10.